The predicted octanol–water partition coefficient (Wildman–Crippen LogP) is 4.54. The minimum Gasteiger partial charge on any atom is -0.321 e. The molecular weight excluding hydrogens is 380 g/mol. The lowest BCUT2D eigenvalue weighted by Crippen LogP contribution is -2.28. The second kappa shape index (κ2) is 7.39. The number of para-hydroxylation sites is 1. The Kier molecular flexibility index (Phi) is 4.93. The third-order valence-corrected chi connectivity index (χ3v) is 6.12. The van der Waals surface area contributed by atoms with Crippen molar-refractivity contribution in [2.24, 2.45) is 0 Å². The molecule has 1 aliphatic rings. The molecule has 0 saturated carbocycles. The summed E-state index contributed by atoms with van der Waals surface area (Å²) in [6, 6.07) is 13.6. The minimum atomic E-state index is -0.905. The molecule has 28 heavy (non-hydrogen) atoms. The van der Waals surface area contributed by atoms with Gasteiger partial charge in [-0.15, -0.1) is 11.8 Å². The molecule has 1 saturated heterocycles. The van der Waals surface area contributed by atoms with Crippen molar-refractivity contribution in [3.05, 3.63) is 82.7 Å². The van der Waals surface area contributed by atoms with E-state index in [4.69, 9.17) is 0 Å². The lowest BCUT2D eigenvalue weighted by Gasteiger charge is -2.24. The molecule has 1 aliphatic heterocycles. The molecule has 0 spiro atoms. The van der Waals surface area contributed by atoms with Gasteiger partial charge in [0, 0.05) is 17.8 Å². The first-order chi connectivity index (χ1) is 13.5. The summed E-state index contributed by atoms with van der Waals surface area (Å²) in [6.07, 6.45) is 0. The van der Waals surface area contributed by atoms with E-state index in [1.807, 2.05) is 48.9 Å². The Morgan fingerprint density at radius 3 is 2.57 bits per heavy atom. The normalized spacial score (nSPS) is 16.8. The molecular formula is C21H19F2N3OS. The average Bonchev–Trinajstić information content (AvgIpc) is 3.18. The van der Waals surface area contributed by atoms with E-state index in [0.717, 1.165) is 34.8 Å². The maximum absolute atomic E-state index is 13.6. The number of hydrogen-bond acceptors (Lipinski definition) is 3. The van der Waals surface area contributed by atoms with E-state index in [-0.39, 0.29) is 17.8 Å². The molecule has 1 aromatic heterocycles. The Balaban J connectivity index is 1.69. The number of hydrogen-bond donors (Lipinski definition) is 0. The highest BCUT2D eigenvalue weighted by molar-refractivity contribution is 8.00. The number of halogens is 2. The van der Waals surface area contributed by atoms with E-state index in [1.54, 1.807) is 4.90 Å². The van der Waals surface area contributed by atoms with Gasteiger partial charge in [0.25, 0.3) is 0 Å². The zero-order valence-corrected chi connectivity index (χ0v) is 16.3. The molecule has 4 nitrogen and oxygen atoms in total. The van der Waals surface area contributed by atoms with Crippen LogP contribution in [-0.2, 0) is 11.3 Å². The van der Waals surface area contributed by atoms with Gasteiger partial charge < -0.3 is 4.90 Å². The molecule has 1 fully saturated rings. The highest BCUT2D eigenvalue weighted by atomic mass is 32.2. The van der Waals surface area contributed by atoms with Crippen molar-refractivity contribution in [1.29, 1.82) is 0 Å². The lowest BCUT2D eigenvalue weighted by molar-refractivity contribution is -0.128. The van der Waals surface area contributed by atoms with Crippen LogP contribution in [0.3, 0.4) is 0 Å². The third kappa shape index (κ3) is 3.30. The Morgan fingerprint density at radius 2 is 1.86 bits per heavy atom. The summed E-state index contributed by atoms with van der Waals surface area (Å²) in [4.78, 5) is 14.2. The van der Waals surface area contributed by atoms with Crippen molar-refractivity contribution in [2.75, 3.05) is 5.75 Å². The van der Waals surface area contributed by atoms with Crippen LogP contribution in [0.15, 0.2) is 48.5 Å². The second-order valence-corrected chi connectivity index (χ2v) is 7.83. The monoisotopic (exact) mass is 399 g/mol. The fourth-order valence-electron chi connectivity index (χ4n) is 3.53. The Labute approximate surface area is 166 Å². The number of carbonyl (C=O) groups excluding carboxylic acids is 1. The first-order valence-corrected chi connectivity index (χ1v) is 9.97. The molecule has 2 aromatic carbocycles. The van der Waals surface area contributed by atoms with Crippen LogP contribution in [0.1, 0.15) is 27.9 Å². The first kappa shape index (κ1) is 18.7. The molecule has 0 N–H and O–H groups in total. The molecule has 4 rings (SSSR count). The van der Waals surface area contributed by atoms with Crippen molar-refractivity contribution in [1.82, 2.24) is 14.7 Å². The molecule has 3 aromatic rings. The summed E-state index contributed by atoms with van der Waals surface area (Å²) in [5.41, 5.74) is 4.32. The quantitative estimate of drug-likeness (QED) is 0.646. The maximum atomic E-state index is 13.6. The molecule has 0 radical (unpaired) electrons. The van der Waals surface area contributed by atoms with Gasteiger partial charge in [-0.25, -0.2) is 13.5 Å². The second-order valence-electron chi connectivity index (χ2n) is 6.77. The number of aromatic nitrogens is 2. The molecule has 1 amide bonds. The van der Waals surface area contributed by atoms with E-state index in [9.17, 15) is 13.6 Å². The van der Waals surface area contributed by atoms with Crippen molar-refractivity contribution in [2.45, 2.75) is 25.8 Å². The van der Waals surface area contributed by atoms with Gasteiger partial charge in [-0.3, -0.25) is 4.79 Å². The molecule has 0 aliphatic carbocycles. The number of thioether (sulfide) groups is 1. The number of nitrogens with zero attached hydrogens (tertiary/aromatic N) is 3. The topological polar surface area (TPSA) is 38.1 Å². The fourth-order valence-corrected chi connectivity index (χ4v) is 4.88. The van der Waals surface area contributed by atoms with Crippen LogP contribution in [0.5, 0.6) is 0 Å². The number of benzene rings is 2. The van der Waals surface area contributed by atoms with Crippen molar-refractivity contribution in [3.8, 4) is 5.69 Å². The molecule has 0 bridgehead atoms. The molecule has 144 valence electrons. The smallest absolute Gasteiger partial charge is 0.234 e. The lowest BCUT2D eigenvalue weighted by atomic mass is 10.1. The van der Waals surface area contributed by atoms with Gasteiger partial charge >= 0.3 is 0 Å². The van der Waals surface area contributed by atoms with Crippen LogP contribution in [0.4, 0.5) is 8.78 Å². The molecule has 1 unspecified atom stereocenters. The van der Waals surface area contributed by atoms with Crippen LogP contribution in [0, 0.1) is 25.5 Å². The third-order valence-electron chi connectivity index (χ3n) is 4.90. The van der Waals surface area contributed by atoms with E-state index in [2.05, 4.69) is 5.10 Å². The number of aryl methyl sites for hydroxylation is 1. The summed E-state index contributed by atoms with van der Waals surface area (Å²) in [7, 11) is 0. The van der Waals surface area contributed by atoms with Crippen LogP contribution in [0.25, 0.3) is 5.69 Å². The van der Waals surface area contributed by atoms with Crippen LogP contribution in [0.2, 0.25) is 0 Å². The van der Waals surface area contributed by atoms with Crippen LogP contribution >= 0.6 is 11.8 Å². The summed E-state index contributed by atoms with van der Waals surface area (Å²) >= 11 is 1.53. The molecule has 7 heteroatoms. The van der Waals surface area contributed by atoms with Gasteiger partial charge in [-0.2, -0.15) is 5.10 Å². The standard InChI is InChI=1S/C21H19F2N3OS/c1-13-20(14(2)26(24-13)16-6-4-3-5-7-16)21-25(19(27)12-28-21)11-15-8-9-17(22)18(23)10-15/h3-10,21H,11-12H2,1-2H3. The number of amides is 1. The van der Waals surface area contributed by atoms with Crippen molar-refractivity contribution >= 4 is 17.7 Å². The van der Waals surface area contributed by atoms with E-state index in [1.165, 1.54) is 17.8 Å². The summed E-state index contributed by atoms with van der Waals surface area (Å²) in [6.45, 7) is 4.14. The summed E-state index contributed by atoms with van der Waals surface area (Å²) in [5.74, 6) is -1.47. The van der Waals surface area contributed by atoms with E-state index in [0.29, 0.717) is 11.3 Å². The number of carbonyl (C=O) groups is 1. The van der Waals surface area contributed by atoms with Gasteiger partial charge in [0.05, 0.1) is 17.1 Å². The van der Waals surface area contributed by atoms with E-state index >= 15 is 0 Å². The minimum absolute atomic E-state index is 0.0222. The van der Waals surface area contributed by atoms with Gasteiger partial charge in [-0.1, -0.05) is 24.3 Å². The van der Waals surface area contributed by atoms with E-state index < -0.39 is 11.6 Å². The SMILES string of the molecule is Cc1nn(-c2ccccc2)c(C)c1C1SCC(=O)N1Cc1ccc(F)c(F)c1. The van der Waals surface area contributed by atoms with Crippen LogP contribution < -0.4 is 0 Å². The van der Waals surface area contributed by atoms with Gasteiger partial charge in [0.15, 0.2) is 11.6 Å². The van der Waals surface area contributed by atoms with Gasteiger partial charge in [0.1, 0.15) is 5.37 Å². The predicted molar refractivity (Wildman–Crippen MR) is 105 cm³/mol. The number of rotatable bonds is 4. The average molecular weight is 399 g/mol. The Bertz CT molecular complexity index is 1040. The fraction of sp³-hybridized carbons (Fsp3) is 0.238. The Hall–Kier alpha value is -2.67. The largest absolute Gasteiger partial charge is 0.321 e. The van der Waals surface area contributed by atoms with Crippen molar-refractivity contribution in [3.63, 3.8) is 0 Å². The van der Waals surface area contributed by atoms with Crippen molar-refractivity contribution < 1.29 is 13.6 Å². The van der Waals surface area contributed by atoms with Crippen LogP contribution in [-0.4, -0.2) is 26.3 Å². The summed E-state index contributed by atoms with van der Waals surface area (Å²) < 4.78 is 28.7. The highest BCUT2D eigenvalue weighted by Gasteiger charge is 2.36. The molecule has 2 heterocycles. The molecule has 1 atom stereocenters. The first-order valence-electron chi connectivity index (χ1n) is 8.92. The zero-order chi connectivity index (χ0) is 19.8. The van der Waals surface area contributed by atoms with Gasteiger partial charge in [0.2, 0.25) is 5.91 Å². The zero-order valence-electron chi connectivity index (χ0n) is 15.5. The maximum Gasteiger partial charge on any atom is 0.234 e. The Morgan fingerprint density at radius 1 is 1.11 bits per heavy atom. The van der Waals surface area contributed by atoms with Gasteiger partial charge in [-0.05, 0) is 43.7 Å². The summed E-state index contributed by atoms with van der Waals surface area (Å²) in [5, 5.41) is 4.46. The highest BCUT2D eigenvalue weighted by Crippen LogP contribution is 2.42.